The molecule has 1 aliphatic rings. The van der Waals surface area contributed by atoms with Crippen molar-refractivity contribution in [2.75, 3.05) is 46.5 Å². The third-order valence-electron chi connectivity index (χ3n) is 3.68. The fourth-order valence-corrected chi connectivity index (χ4v) is 2.43. The standard InChI is InChI=1S/C17H22F2N2O4/c1-23-14-4-2-3-13(16(14)25-17(18)19)5-6-15(22)20-7-8-21-9-11-24-12-10-21/h2-6,17H,7-12H2,1H3,(H,20,22)/b6-5+. The molecule has 25 heavy (non-hydrogen) atoms. The van der Waals surface area contributed by atoms with E-state index in [4.69, 9.17) is 9.47 Å². The lowest BCUT2D eigenvalue weighted by atomic mass is 10.1. The molecule has 1 heterocycles. The van der Waals surface area contributed by atoms with Gasteiger partial charge in [-0.25, -0.2) is 0 Å². The fourth-order valence-electron chi connectivity index (χ4n) is 2.43. The minimum Gasteiger partial charge on any atom is -0.493 e. The first-order valence-electron chi connectivity index (χ1n) is 7.98. The van der Waals surface area contributed by atoms with E-state index in [0.29, 0.717) is 25.3 Å². The van der Waals surface area contributed by atoms with Crippen LogP contribution in [0.25, 0.3) is 6.08 Å². The van der Waals surface area contributed by atoms with Crippen LogP contribution in [-0.2, 0) is 9.53 Å². The highest BCUT2D eigenvalue weighted by Gasteiger charge is 2.14. The van der Waals surface area contributed by atoms with Gasteiger partial charge in [0.15, 0.2) is 11.5 Å². The van der Waals surface area contributed by atoms with Crippen LogP contribution in [0.15, 0.2) is 24.3 Å². The van der Waals surface area contributed by atoms with E-state index in [2.05, 4.69) is 15.0 Å². The molecule has 1 N–H and O–H groups in total. The Morgan fingerprint density at radius 1 is 1.40 bits per heavy atom. The minimum atomic E-state index is -2.98. The summed E-state index contributed by atoms with van der Waals surface area (Å²) in [5, 5.41) is 2.76. The van der Waals surface area contributed by atoms with Gasteiger partial charge in [-0.15, -0.1) is 0 Å². The van der Waals surface area contributed by atoms with Crippen molar-refractivity contribution in [3.63, 3.8) is 0 Å². The van der Waals surface area contributed by atoms with Crippen molar-refractivity contribution >= 4 is 12.0 Å². The maximum absolute atomic E-state index is 12.6. The van der Waals surface area contributed by atoms with Crippen LogP contribution in [0, 0.1) is 0 Å². The number of ether oxygens (including phenoxy) is 3. The summed E-state index contributed by atoms with van der Waals surface area (Å²) in [6, 6.07) is 4.71. The molecule has 0 aromatic heterocycles. The van der Waals surface area contributed by atoms with E-state index < -0.39 is 6.61 Å². The molecule has 0 unspecified atom stereocenters. The van der Waals surface area contributed by atoms with Crippen molar-refractivity contribution in [2.24, 2.45) is 0 Å². The summed E-state index contributed by atoms with van der Waals surface area (Å²) in [5.74, 6) is -0.230. The van der Waals surface area contributed by atoms with E-state index in [1.165, 1.54) is 25.3 Å². The Kier molecular flexibility index (Phi) is 7.62. The Balaban J connectivity index is 1.90. The second-order valence-corrected chi connectivity index (χ2v) is 5.34. The number of methoxy groups -OCH3 is 1. The molecule has 0 spiro atoms. The first-order chi connectivity index (χ1) is 12.1. The van der Waals surface area contributed by atoms with Crippen molar-refractivity contribution in [3.05, 3.63) is 29.8 Å². The lowest BCUT2D eigenvalue weighted by Gasteiger charge is -2.26. The average molecular weight is 356 g/mol. The lowest BCUT2D eigenvalue weighted by Crippen LogP contribution is -2.41. The molecule has 8 heteroatoms. The van der Waals surface area contributed by atoms with Crippen molar-refractivity contribution in [1.82, 2.24) is 10.2 Å². The largest absolute Gasteiger partial charge is 0.493 e. The van der Waals surface area contributed by atoms with E-state index >= 15 is 0 Å². The molecule has 1 amide bonds. The number of nitrogens with zero attached hydrogens (tertiary/aromatic N) is 1. The summed E-state index contributed by atoms with van der Waals surface area (Å²) in [5.41, 5.74) is 0.336. The van der Waals surface area contributed by atoms with Gasteiger partial charge in [0, 0.05) is 37.8 Å². The molecule has 1 aromatic rings. The fraction of sp³-hybridized carbons (Fsp3) is 0.471. The molecular weight excluding hydrogens is 334 g/mol. The molecule has 6 nitrogen and oxygen atoms in total. The first-order valence-corrected chi connectivity index (χ1v) is 7.98. The van der Waals surface area contributed by atoms with Gasteiger partial charge in [0.1, 0.15) is 0 Å². The van der Waals surface area contributed by atoms with Crippen LogP contribution < -0.4 is 14.8 Å². The summed E-state index contributed by atoms with van der Waals surface area (Å²) in [6.07, 6.45) is 2.71. The maximum Gasteiger partial charge on any atom is 0.387 e. The summed E-state index contributed by atoms with van der Waals surface area (Å²) >= 11 is 0. The normalized spacial score (nSPS) is 15.5. The van der Waals surface area contributed by atoms with Gasteiger partial charge in [-0.2, -0.15) is 8.78 Å². The zero-order chi connectivity index (χ0) is 18.1. The zero-order valence-corrected chi connectivity index (χ0v) is 14.0. The van der Waals surface area contributed by atoms with Crippen LogP contribution in [-0.4, -0.2) is 63.9 Å². The van der Waals surface area contributed by atoms with Crippen LogP contribution in [0.2, 0.25) is 0 Å². The molecule has 0 aliphatic carbocycles. The third kappa shape index (κ3) is 6.32. The zero-order valence-electron chi connectivity index (χ0n) is 14.0. The number of hydrogen-bond acceptors (Lipinski definition) is 5. The number of benzene rings is 1. The molecule has 1 aromatic carbocycles. The highest BCUT2D eigenvalue weighted by atomic mass is 19.3. The smallest absolute Gasteiger partial charge is 0.387 e. The number of alkyl halides is 2. The number of nitrogens with one attached hydrogen (secondary N) is 1. The second-order valence-electron chi connectivity index (χ2n) is 5.34. The van der Waals surface area contributed by atoms with Gasteiger partial charge in [-0.05, 0) is 12.1 Å². The van der Waals surface area contributed by atoms with Gasteiger partial charge in [-0.1, -0.05) is 12.1 Å². The Morgan fingerprint density at radius 2 is 2.16 bits per heavy atom. The van der Waals surface area contributed by atoms with E-state index in [1.54, 1.807) is 12.1 Å². The van der Waals surface area contributed by atoms with Gasteiger partial charge in [0.05, 0.1) is 20.3 Å². The SMILES string of the molecule is COc1cccc(/C=C/C(=O)NCCN2CCOCC2)c1OC(F)F. The average Bonchev–Trinajstić information content (AvgIpc) is 2.61. The number of morpholine rings is 1. The Bertz CT molecular complexity index is 590. The molecular formula is C17H22F2N2O4. The van der Waals surface area contributed by atoms with E-state index in [9.17, 15) is 13.6 Å². The van der Waals surface area contributed by atoms with Gasteiger partial charge in [0.2, 0.25) is 5.91 Å². The summed E-state index contributed by atoms with van der Waals surface area (Å²) < 4.78 is 39.9. The predicted molar refractivity (Wildman–Crippen MR) is 88.9 cm³/mol. The molecule has 0 radical (unpaired) electrons. The molecule has 1 fully saturated rings. The summed E-state index contributed by atoms with van der Waals surface area (Å²) in [7, 11) is 1.36. The second kappa shape index (κ2) is 9.95. The summed E-state index contributed by atoms with van der Waals surface area (Å²) in [4.78, 5) is 14.1. The van der Waals surface area contributed by atoms with Gasteiger partial charge < -0.3 is 19.5 Å². The maximum atomic E-state index is 12.6. The van der Waals surface area contributed by atoms with Crippen LogP contribution in [0.1, 0.15) is 5.56 Å². The number of hydrogen-bond donors (Lipinski definition) is 1. The van der Waals surface area contributed by atoms with Crippen LogP contribution in [0.5, 0.6) is 11.5 Å². The minimum absolute atomic E-state index is 0.0997. The number of carbonyl (C=O) groups is 1. The van der Waals surface area contributed by atoms with Crippen LogP contribution >= 0.6 is 0 Å². The van der Waals surface area contributed by atoms with Crippen molar-refractivity contribution in [1.29, 1.82) is 0 Å². The number of carbonyl (C=O) groups excluding carboxylic acids is 1. The monoisotopic (exact) mass is 356 g/mol. The van der Waals surface area contributed by atoms with E-state index in [0.717, 1.165) is 19.6 Å². The van der Waals surface area contributed by atoms with Gasteiger partial charge in [-0.3, -0.25) is 9.69 Å². The molecule has 2 rings (SSSR count). The topological polar surface area (TPSA) is 60.0 Å². The number of rotatable bonds is 8. The summed E-state index contributed by atoms with van der Waals surface area (Å²) in [6.45, 7) is 1.37. The van der Waals surface area contributed by atoms with E-state index in [-0.39, 0.29) is 17.4 Å². The molecule has 1 saturated heterocycles. The Morgan fingerprint density at radius 3 is 2.84 bits per heavy atom. The van der Waals surface area contributed by atoms with Gasteiger partial charge in [0.25, 0.3) is 0 Å². The molecule has 0 atom stereocenters. The molecule has 0 saturated carbocycles. The van der Waals surface area contributed by atoms with Crippen LogP contribution in [0.3, 0.4) is 0 Å². The van der Waals surface area contributed by atoms with E-state index in [1.807, 2.05) is 0 Å². The Labute approximate surface area is 145 Å². The number of halogens is 2. The van der Waals surface area contributed by atoms with Gasteiger partial charge >= 0.3 is 6.61 Å². The third-order valence-corrected chi connectivity index (χ3v) is 3.68. The predicted octanol–water partition coefficient (Wildman–Crippen LogP) is 1.76. The molecule has 0 bridgehead atoms. The first kappa shape index (κ1) is 19.1. The quantitative estimate of drug-likeness (QED) is 0.720. The van der Waals surface area contributed by atoms with Crippen LogP contribution in [0.4, 0.5) is 8.78 Å². The highest BCUT2D eigenvalue weighted by Crippen LogP contribution is 2.33. The van der Waals surface area contributed by atoms with Crippen molar-refractivity contribution in [3.8, 4) is 11.5 Å². The Hall–Kier alpha value is -2.19. The van der Waals surface area contributed by atoms with Crippen molar-refractivity contribution < 1.29 is 27.8 Å². The lowest BCUT2D eigenvalue weighted by molar-refractivity contribution is -0.116. The highest BCUT2D eigenvalue weighted by molar-refractivity contribution is 5.92. The van der Waals surface area contributed by atoms with Crippen molar-refractivity contribution in [2.45, 2.75) is 6.61 Å². The number of amides is 1. The number of para-hydroxylation sites is 1. The molecule has 1 aliphatic heterocycles. The molecule has 138 valence electrons.